The zero-order valence-corrected chi connectivity index (χ0v) is 15.3. The van der Waals surface area contributed by atoms with E-state index in [0.29, 0.717) is 24.8 Å². The molecule has 25 heavy (non-hydrogen) atoms. The molecule has 0 amide bonds. The van der Waals surface area contributed by atoms with E-state index in [1.54, 1.807) is 0 Å². The van der Waals surface area contributed by atoms with Crippen molar-refractivity contribution in [2.75, 3.05) is 27.2 Å². The Hall–Kier alpha value is -2.25. The largest absolute Gasteiger partial charge is 0.478 e. The minimum Gasteiger partial charge on any atom is -0.478 e. The van der Waals surface area contributed by atoms with Crippen molar-refractivity contribution in [1.82, 2.24) is 4.90 Å². The molecule has 0 rings (SSSR count). The number of carbonyl (C=O) groups is 3. The molecule has 0 aliphatic heterocycles. The normalized spacial score (nSPS) is 9.64. The summed E-state index contributed by atoms with van der Waals surface area (Å²) in [6.07, 6.45) is 2.18. The van der Waals surface area contributed by atoms with Gasteiger partial charge in [-0.25, -0.2) is 14.4 Å². The lowest BCUT2D eigenvalue weighted by Crippen LogP contribution is -2.14. The molecule has 0 bridgehead atoms. The number of hydrogen-bond acceptors (Lipinski definition) is 6. The topological polar surface area (TPSA) is 104 Å². The van der Waals surface area contributed by atoms with Crippen LogP contribution in [0.4, 0.5) is 0 Å². The number of rotatable bonds is 10. The maximum Gasteiger partial charge on any atom is 0.341 e. The maximum atomic E-state index is 11.1. The van der Waals surface area contributed by atoms with Gasteiger partial charge in [0.15, 0.2) is 0 Å². The van der Waals surface area contributed by atoms with Gasteiger partial charge in [-0.05, 0) is 53.2 Å². The van der Waals surface area contributed by atoms with E-state index in [2.05, 4.69) is 24.5 Å². The number of carboxylic acids is 1. The van der Waals surface area contributed by atoms with E-state index in [1.165, 1.54) is 6.92 Å². The molecule has 0 saturated carbocycles. The van der Waals surface area contributed by atoms with Crippen LogP contribution in [0, 0.1) is 0 Å². The van der Waals surface area contributed by atoms with Gasteiger partial charge >= 0.3 is 17.9 Å². The number of carboxylic acid groups (broad SMARTS) is 1. The standard InChI is InChI=1S/C10H14O4.C8H15NO2/c1-7(2)9(12)14-10(13)8(3)5-4-6-11;1-7(8(10)11)5-4-6-9(2)3/h11H,1,3-6H2,2H3;1,4-6H2,2-3H3,(H,10,11). The third-order valence-electron chi connectivity index (χ3n) is 2.85. The van der Waals surface area contributed by atoms with Crippen molar-refractivity contribution in [2.24, 2.45) is 0 Å². The average Bonchev–Trinajstić information content (AvgIpc) is 2.52. The monoisotopic (exact) mass is 355 g/mol. The van der Waals surface area contributed by atoms with Crippen molar-refractivity contribution in [3.63, 3.8) is 0 Å². The summed E-state index contributed by atoms with van der Waals surface area (Å²) < 4.78 is 4.41. The van der Waals surface area contributed by atoms with E-state index in [0.717, 1.165) is 13.0 Å². The predicted octanol–water partition coefficient (Wildman–Crippen LogP) is 1.93. The zero-order valence-electron chi connectivity index (χ0n) is 15.3. The Morgan fingerprint density at radius 2 is 1.48 bits per heavy atom. The third-order valence-corrected chi connectivity index (χ3v) is 2.85. The van der Waals surface area contributed by atoms with Gasteiger partial charge in [-0.3, -0.25) is 0 Å². The van der Waals surface area contributed by atoms with Crippen molar-refractivity contribution in [2.45, 2.75) is 32.6 Å². The summed E-state index contributed by atoms with van der Waals surface area (Å²) in [7, 11) is 3.92. The quantitative estimate of drug-likeness (QED) is 0.350. The average molecular weight is 355 g/mol. The molecule has 0 aromatic heterocycles. The highest BCUT2D eigenvalue weighted by atomic mass is 16.6. The van der Waals surface area contributed by atoms with Crippen LogP contribution in [0.1, 0.15) is 32.6 Å². The van der Waals surface area contributed by atoms with Gasteiger partial charge in [0.2, 0.25) is 0 Å². The van der Waals surface area contributed by atoms with Gasteiger partial charge < -0.3 is 19.8 Å². The lowest BCUT2D eigenvalue weighted by Gasteiger charge is -2.08. The van der Waals surface area contributed by atoms with Gasteiger partial charge in [0.25, 0.3) is 0 Å². The van der Waals surface area contributed by atoms with Gasteiger partial charge in [-0.15, -0.1) is 0 Å². The molecule has 2 N–H and O–H groups in total. The lowest BCUT2D eigenvalue weighted by molar-refractivity contribution is -0.154. The van der Waals surface area contributed by atoms with E-state index in [4.69, 9.17) is 10.2 Å². The number of aliphatic hydroxyl groups excluding tert-OH is 1. The first-order valence-electron chi connectivity index (χ1n) is 7.79. The molecular weight excluding hydrogens is 326 g/mol. The van der Waals surface area contributed by atoms with Crippen LogP contribution in [-0.2, 0) is 19.1 Å². The first-order valence-corrected chi connectivity index (χ1v) is 7.79. The Kier molecular flexibility index (Phi) is 14.1. The van der Waals surface area contributed by atoms with Crippen molar-refractivity contribution in [3.05, 3.63) is 36.5 Å². The van der Waals surface area contributed by atoms with Crippen LogP contribution in [0.3, 0.4) is 0 Å². The smallest absolute Gasteiger partial charge is 0.341 e. The molecule has 0 heterocycles. The van der Waals surface area contributed by atoms with Crippen LogP contribution < -0.4 is 0 Å². The summed E-state index contributed by atoms with van der Waals surface area (Å²) in [6.45, 7) is 12.5. The minimum atomic E-state index is -0.885. The fourth-order valence-corrected chi connectivity index (χ4v) is 1.35. The molecule has 7 heteroatoms. The molecule has 0 atom stereocenters. The molecule has 0 spiro atoms. The van der Waals surface area contributed by atoms with Crippen LogP contribution in [0.25, 0.3) is 0 Å². The van der Waals surface area contributed by atoms with Crippen LogP contribution in [0.15, 0.2) is 36.5 Å². The first-order chi connectivity index (χ1) is 11.5. The summed E-state index contributed by atoms with van der Waals surface area (Å²) in [4.78, 5) is 34.3. The van der Waals surface area contributed by atoms with Gasteiger partial charge in [0.1, 0.15) is 0 Å². The highest BCUT2D eigenvalue weighted by Crippen LogP contribution is 2.05. The van der Waals surface area contributed by atoms with Crippen molar-refractivity contribution < 1.29 is 29.3 Å². The zero-order chi connectivity index (χ0) is 20.0. The Bertz CT molecular complexity index is 508. The van der Waals surface area contributed by atoms with E-state index < -0.39 is 17.9 Å². The number of ether oxygens (including phenoxy) is 1. The summed E-state index contributed by atoms with van der Waals surface area (Å²) >= 11 is 0. The number of aliphatic carboxylic acids is 1. The maximum absolute atomic E-state index is 11.1. The molecule has 0 aromatic carbocycles. The van der Waals surface area contributed by atoms with E-state index in [1.807, 2.05) is 19.0 Å². The molecule has 7 nitrogen and oxygen atoms in total. The van der Waals surface area contributed by atoms with Crippen LogP contribution in [-0.4, -0.2) is 60.3 Å². The lowest BCUT2D eigenvalue weighted by atomic mass is 10.1. The van der Waals surface area contributed by atoms with Gasteiger partial charge in [0, 0.05) is 23.3 Å². The first kappa shape index (κ1) is 25.0. The summed E-state index contributed by atoms with van der Waals surface area (Å²) in [5.74, 6) is -2.39. The van der Waals surface area contributed by atoms with Gasteiger partial charge in [-0.1, -0.05) is 19.7 Å². The summed E-state index contributed by atoms with van der Waals surface area (Å²) in [5.41, 5.74) is 0.633. The van der Waals surface area contributed by atoms with Gasteiger partial charge in [-0.2, -0.15) is 0 Å². The SMILES string of the molecule is C=C(C)C(=O)OC(=O)C(=C)CCCO.C=C(CCCN(C)C)C(=O)O. The highest BCUT2D eigenvalue weighted by Gasteiger charge is 2.13. The number of aliphatic hydroxyl groups is 1. The van der Waals surface area contributed by atoms with Crippen molar-refractivity contribution in [3.8, 4) is 0 Å². The fraction of sp³-hybridized carbons (Fsp3) is 0.500. The molecule has 0 aliphatic carbocycles. The fourth-order valence-electron chi connectivity index (χ4n) is 1.35. The molecule has 0 aromatic rings. The molecule has 0 fully saturated rings. The molecule has 0 aliphatic rings. The third kappa shape index (κ3) is 15.0. The number of esters is 2. The number of carbonyl (C=O) groups excluding carboxylic acids is 2. The Labute approximate surface area is 149 Å². The molecule has 0 radical (unpaired) electrons. The highest BCUT2D eigenvalue weighted by molar-refractivity contribution is 6.00. The summed E-state index contributed by atoms with van der Waals surface area (Å²) in [6, 6.07) is 0. The van der Waals surface area contributed by atoms with E-state index in [9.17, 15) is 14.4 Å². The second-order valence-corrected chi connectivity index (χ2v) is 5.70. The van der Waals surface area contributed by atoms with Crippen LogP contribution in [0.2, 0.25) is 0 Å². The van der Waals surface area contributed by atoms with Gasteiger partial charge in [0.05, 0.1) is 0 Å². The molecule has 142 valence electrons. The Morgan fingerprint density at radius 1 is 0.960 bits per heavy atom. The minimum absolute atomic E-state index is 0.0271. The molecular formula is C18H29NO6. The summed E-state index contributed by atoms with van der Waals surface area (Å²) in [5, 5.41) is 16.9. The second kappa shape index (κ2) is 14.1. The second-order valence-electron chi connectivity index (χ2n) is 5.70. The molecule has 0 saturated heterocycles. The Balaban J connectivity index is 0. The van der Waals surface area contributed by atoms with E-state index in [-0.39, 0.29) is 17.8 Å². The predicted molar refractivity (Wildman–Crippen MR) is 95.9 cm³/mol. The molecule has 0 unspecified atom stereocenters. The van der Waals surface area contributed by atoms with Crippen molar-refractivity contribution in [1.29, 1.82) is 0 Å². The number of hydrogen-bond donors (Lipinski definition) is 2. The Morgan fingerprint density at radius 3 is 1.88 bits per heavy atom. The number of nitrogens with zero attached hydrogens (tertiary/aromatic N) is 1. The van der Waals surface area contributed by atoms with E-state index >= 15 is 0 Å². The van der Waals surface area contributed by atoms with Crippen molar-refractivity contribution >= 4 is 17.9 Å². The van der Waals surface area contributed by atoms with Crippen LogP contribution in [0.5, 0.6) is 0 Å². The van der Waals surface area contributed by atoms with Crippen LogP contribution >= 0.6 is 0 Å².